The van der Waals surface area contributed by atoms with Gasteiger partial charge < -0.3 is 0 Å². The van der Waals surface area contributed by atoms with Gasteiger partial charge in [0.15, 0.2) is 4.96 Å². The minimum absolute atomic E-state index is 0.0803. The lowest BCUT2D eigenvalue weighted by atomic mass is 10.2. The Hall–Kier alpha value is -1.37. The predicted octanol–water partition coefficient (Wildman–Crippen LogP) is 4.29. The largest absolute Gasteiger partial charge is 0.269 e. The van der Waals surface area contributed by atoms with Crippen molar-refractivity contribution in [3.8, 4) is 0 Å². The van der Waals surface area contributed by atoms with E-state index in [0.29, 0.717) is 32.7 Å². The number of thioether (sulfide) groups is 1. The standard InChI is InChI=1S/C15H12ClFN2OS2/c1-9-6-22-15-18-10(5-14(20)19(9)15)7-21-8-11-12(16)3-2-4-13(11)17/h2-6H,7-8H2,1H3. The second-order valence-electron chi connectivity index (χ2n) is 4.77. The molecule has 114 valence electrons. The molecule has 0 N–H and O–H groups in total. The minimum Gasteiger partial charge on any atom is -0.269 e. The molecule has 0 bridgehead atoms. The number of hydrogen-bond acceptors (Lipinski definition) is 4. The van der Waals surface area contributed by atoms with Crippen molar-refractivity contribution in [3.63, 3.8) is 0 Å². The van der Waals surface area contributed by atoms with Crippen molar-refractivity contribution >= 4 is 39.7 Å². The first kappa shape index (κ1) is 15.5. The van der Waals surface area contributed by atoms with E-state index in [0.717, 1.165) is 5.69 Å². The highest BCUT2D eigenvalue weighted by Crippen LogP contribution is 2.25. The number of nitrogens with zero attached hydrogens (tertiary/aromatic N) is 2. The van der Waals surface area contributed by atoms with Crippen molar-refractivity contribution in [2.75, 3.05) is 0 Å². The Labute approximate surface area is 139 Å². The maximum Gasteiger partial charge on any atom is 0.258 e. The number of hydrogen-bond donors (Lipinski definition) is 0. The number of halogens is 2. The second-order valence-corrected chi connectivity index (χ2v) is 7.00. The molecule has 0 spiro atoms. The van der Waals surface area contributed by atoms with Crippen molar-refractivity contribution < 1.29 is 4.39 Å². The van der Waals surface area contributed by atoms with Crippen molar-refractivity contribution in [2.24, 2.45) is 0 Å². The average Bonchev–Trinajstić information content (AvgIpc) is 2.84. The Morgan fingerprint density at radius 1 is 1.41 bits per heavy atom. The summed E-state index contributed by atoms with van der Waals surface area (Å²) in [5.41, 5.74) is 1.99. The first-order valence-corrected chi connectivity index (χ1v) is 8.95. The molecule has 2 heterocycles. The molecule has 22 heavy (non-hydrogen) atoms. The molecular weight excluding hydrogens is 343 g/mol. The van der Waals surface area contributed by atoms with E-state index in [4.69, 9.17) is 11.6 Å². The van der Waals surface area contributed by atoms with Gasteiger partial charge in [-0.3, -0.25) is 9.20 Å². The molecule has 3 aromatic rings. The summed E-state index contributed by atoms with van der Waals surface area (Å²) < 4.78 is 15.3. The SMILES string of the molecule is Cc1csc2nc(CSCc3c(F)cccc3Cl)cc(=O)n12. The maximum atomic E-state index is 13.7. The molecule has 0 aliphatic rings. The first-order chi connectivity index (χ1) is 10.6. The van der Waals surface area contributed by atoms with Gasteiger partial charge in [0.05, 0.1) is 5.69 Å². The van der Waals surface area contributed by atoms with E-state index in [-0.39, 0.29) is 11.4 Å². The van der Waals surface area contributed by atoms with Gasteiger partial charge in [-0.15, -0.1) is 11.3 Å². The van der Waals surface area contributed by atoms with Crippen LogP contribution < -0.4 is 5.56 Å². The molecule has 0 unspecified atom stereocenters. The number of aryl methyl sites for hydroxylation is 1. The van der Waals surface area contributed by atoms with Crippen LogP contribution in [0.25, 0.3) is 4.96 Å². The molecule has 0 aliphatic heterocycles. The molecule has 0 saturated carbocycles. The van der Waals surface area contributed by atoms with Crippen molar-refractivity contribution in [1.82, 2.24) is 9.38 Å². The molecule has 0 aliphatic carbocycles. The molecule has 7 heteroatoms. The van der Waals surface area contributed by atoms with Gasteiger partial charge in [0.1, 0.15) is 5.82 Å². The number of benzene rings is 1. The summed E-state index contributed by atoms with van der Waals surface area (Å²) in [7, 11) is 0. The Balaban J connectivity index is 1.76. The smallest absolute Gasteiger partial charge is 0.258 e. The van der Waals surface area contributed by atoms with Crippen LogP contribution in [0, 0.1) is 12.7 Å². The van der Waals surface area contributed by atoms with E-state index in [1.165, 1.54) is 35.2 Å². The highest BCUT2D eigenvalue weighted by atomic mass is 35.5. The van der Waals surface area contributed by atoms with Gasteiger partial charge in [-0.25, -0.2) is 9.37 Å². The first-order valence-electron chi connectivity index (χ1n) is 6.53. The van der Waals surface area contributed by atoms with Crippen molar-refractivity contribution in [2.45, 2.75) is 18.4 Å². The summed E-state index contributed by atoms with van der Waals surface area (Å²) >= 11 is 8.92. The van der Waals surface area contributed by atoms with Crippen LogP contribution >= 0.6 is 34.7 Å². The number of aromatic nitrogens is 2. The summed E-state index contributed by atoms with van der Waals surface area (Å²) in [6.45, 7) is 1.88. The summed E-state index contributed by atoms with van der Waals surface area (Å²) in [5.74, 6) is 0.668. The third-order valence-electron chi connectivity index (χ3n) is 3.19. The Morgan fingerprint density at radius 3 is 3.00 bits per heavy atom. The third-order valence-corrected chi connectivity index (χ3v) is 5.48. The lowest BCUT2D eigenvalue weighted by Gasteiger charge is -2.06. The average molecular weight is 355 g/mol. The summed E-state index contributed by atoms with van der Waals surface area (Å²) in [6, 6.07) is 6.18. The molecule has 2 aromatic heterocycles. The van der Waals surface area contributed by atoms with Crippen LogP contribution in [0.2, 0.25) is 5.02 Å². The molecule has 0 amide bonds. The number of fused-ring (bicyclic) bond motifs is 1. The van der Waals surface area contributed by atoms with Crippen LogP contribution in [0.1, 0.15) is 17.0 Å². The molecule has 0 fully saturated rings. The van der Waals surface area contributed by atoms with Crippen LogP contribution in [-0.4, -0.2) is 9.38 Å². The van der Waals surface area contributed by atoms with Gasteiger partial charge in [-0.05, 0) is 19.1 Å². The van der Waals surface area contributed by atoms with Gasteiger partial charge in [-0.1, -0.05) is 17.7 Å². The van der Waals surface area contributed by atoms with Gasteiger partial charge in [0.2, 0.25) is 0 Å². The van der Waals surface area contributed by atoms with E-state index in [9.17, 15) is 9.18 Å². The summed E-state index contributed by atoms with van der Waals surface area (Å²) in [5, 5.41) is 2.32. The third kappa shape index (κ3) is 3.04. The molecule has 1 aromatic carbocycles. The zero-order valence-corrected chi connectivity index (χ0v) is 14.1. The van der Waals surface area contributed by atoms with E-state index in [2.05, 4.69) is 4.98 Å². The van der Waals surface area contributed by atoms with Crippen LogP contribution in [0.5, 0.6) is 0 Å². The van der Waals surface area contributed by atoms with Crippen LogP contribution in [0.15, 0.2) is 34.4 Å². The van der Waals surface area contributed by atoms with Crippen LogP contribution in [0.4, 0.5) is 4.39 Å². The Kier molecular flexibility index (Phi) is 4.52. The predicted molar refractivity (Wildman–Crippen MR) is 90.5 cm³/mol. The molecule has 0 radical (unpaired) electrons. The fourth-order valence-electron chi connectivity index (χ4n) is 2.10. The van der Waals surface area contributed by atoms with Gasteiger partial charge in [0.25, 0.3) is 5.56 Å². The monoisotopic (exact) mass is 354 g/mol. The molecular formula is C15H12ClFN2OS2. The van der Waals surface area contributed by atoms with E-state index in [1.54, 1.807) is 16.5 Å². The summed E-state index contributed by atoms with van der Waals surface area (Å²) in [4.78, 5) is 17.2. The fraction of sp³-hybridized carbons (Fsp3) is 0.200. The molecule has 3 nitrogen and oxygen atoms in total. The Bertz CT molecular complexity index is 871. The van der Waals surface area contributed by atoms with Crippen LogP contribution in [0.3, 0.4) is 0 Å². The Morgan fingerprint density at radius 2 is 2.23 bits per heavy atom. The van der Waals surface area contributed by atoms with E-state index in [1.807, 2.05) is 12.3 Å². The fourth-order valence-corrected chi connectivity index (χ4v) is 4.26. The van der Waals surface area contributed by atoms with E-state index >= 15 is 0 Å². The van der Waals surface area contributed by atoms with E-state index < -0.39 is 0 Å². The highest BCUT2D eigenvalue weighted by Gasteiger charge is 2.09. The van der Waals surface area contributed by atoms with Crippen molar-refractivity contribution in [1.29, 1.82) is 0 Å². The minimum atomic E-state index is -0.308. The second kappa shape index (κ2) is 6.40. The van der Waals surface area contributed by atoms with Gasteiger partial charge in [-0.2, -0.15) is 11.8 Å². The molecule has 0 saturated heterocycles. The molecule has 3 rings (SSSR count). The van der Waals surface area contributed by atoms with Gasteiger partial charge >= 0.3 is 0 Å². The quantitative estimate of drug-likeness (QED) is 0.701. The molecule has 0 atom stereocenters. The number of rotatable bonds is 4. The van der Waals surface area contributed by atoms with Crippen LogP contribution in [-0.2, 0) is 11.5 Å². The zero-order chi connectivity index (χ0) is 15.7. The maximum absolute atomic E-state index is 13.7. The lowest BCUT2D eigenvalue weighted by molar-refractivity contribution is 0.617. The van der Waals surface area contributed by atoms with Crippen molar-refractivity contribution in [3.05, 3.63) is 67.8 Å². The normalized spacial score (nSPS) is 11.2. The zero-order valence-electron chi connectivity index (χ0n) is 11.7. The van der Waals surface area contributed by atoms with Gasteiger partial charge in [0, 0.05) is 39.2 Å². The topological polar surface area (TPSA) is 34.4 Å². The highest BCUT2D eigenvalue weighted by molar-refractivity contribution is 7.97. The summed E-state index contributed by atoms with van der Waals surface area (Å²) in [6.07, 6.45) is 0. The number of thiazole rings is 1. The lowest BCUT2D eigenvalue weighted by Crippen LogP contribution is -2.14.